The van der Waals surface area contributed by atoms with Gasteiger partial charge in [-0.2, -0.15) is 10.2 Å². The lowest BCUT2D eigenvalue weighted by Crippen LogP contribution is -2.28. The molecule has 7 nitrogen and oxygen atoms in total. The van der Waals surface area contributed by atoms with Crippen LogP contribution in [0.5, 0.6) is 0 Å². The van der Waals surface area contributed by atoms with Gasteiger partial charge >= 0.3 is 0 Å². The summed E-state index contributed by atoms with van der Waals surface area (Å²) < 4.78 is 0. The summed E-state index contributed by atoms with van der Waals surface area (Å²) in [5.41, 5.74) is 2.13. The van der Waals surface area contributed by atoms with E-state index in [1.807, 2.05) is 0 Å². The first-order chi connectivity index (χ1) is 9.70. The van der Waals surface area contributed by atoms with Crippen LogP contribution in [0.3, 0.4) is 0 Å². The standard InChI is InChI=1S/C13H12N4O3/c1-20-17-12(18)6-9(13(17)19)8-2-3-10(14-7-8)11-4-5-15-16-11/h2-5,7,9H,6H2,1H3,(H,15,16). The molecule has 3 rings (SSSR count). The molecule has 0 spiro atoms. The van der Waals surface area contributed by atoms with Crippen molar-refractivity contribution in [3.05, 3.63) is 36.2 Å². The number of amides is 2. The van der Waals surface area contributed by atoms with E-state index in [1.54, 1.807) is 30.6 Å². The first-order valence-electron chi connectivity index (χ1n) is 6.07. The van der Waals surface area contributed by atoms with Gasteiger partial charge in [-0.3, -0.25) is 24.5 Å². The number of hydrogen-bond acceptors (Lipinski definition) is 5. The molecule has 2 aromatic rings. The number of imide groups is 1. The van der Waals surface area contributed by atoms with Gasteiger partial charge < -0.3 is 0 Å². The van der Waals surface area contributed by atoms with Gasteiger partial charge in [0, 0.05) is 18.8 Å². The molecular formula is C13H12N4O3. The summed E-state index contributed by atoms with van der Waals surface area (Å²) in [5, 5.41) is 7.54. The predicted molar refractivity (Wildman–Crippen MR) is 68.0 cm³/mol. The summed E-state index contributed by atoms with van der Waals surface area (Å²) in [6.07, 6.45) is 3.41. The van der Waals surface area contributed by atoms with Crippen LogP contribution < -0.4 is 0 Å². The van der Waals surface area contributed by atoms with Gasteiger partial charge in [-0.25, -0.2) is 0 Å². The largest absolute Gasteiger partial charge is 0.285 e. The zero-order valence-electron chi connectivity index (χ0n) is 10.7. The van der Waals surface area contributed by atoms with Crippen LogP contribution >= 0.6 is 0 Å². The van der Waals surface area contributed by atoms with Crippen molar-refractivity contribution >= 4 is 11.8 Å². The quantitative estimate of drug-likeness (QED) is 0.838. The molecule has 3 heterocycles. The molecular weight excluding hydrogens is 260 g/mol. The number of carbonyl (C=O) groups excluding carboxylic acids is 2. The van der Waals surface area contributed by atoms with Crippen LogP contribution in [0.4, 0.5) is 0 Å². The molecule has 0 bridgehead atoms. The molecule has 2 aromatic heterocycles. The van der Waals surface area contributed by atoms with Crippen LogP contribution in [0.15, 0.2) is 30.6 Å². The van der Waals surface area contributed by atoms with E-state index >= 15 is 0 Å². The second-order valence-electron chi connectivity index (χ2n) is 4.40. The highest BCUT2D eigenvalue weighted by Crippen LogP contribution is 2.29. The molecule has 1 atom stereocenters. The number of hydrogen-bond donors (Lipinski definition) is 1. The van der Waals surface area contributed by atoms with Crippen LogP contribution in [0, 0.1) is 0 Å². The van der Waals surface area contributed by atoms with E-state index in [0.717, 1.165) is 10.8 Å². The highest BCUT2D eigenvalue weighted by molar-refractivity contribution is 6.05. The number of carbonyl (C=O) groups is 2. The Morgan fingerprint density at radius 2 is 2.15 bits per heavy atom. The van der Waals surface area contributed by atoms with Gasteiger partial charge in [-0.1, -0.05) is 6.07 Å². The number of nitrogens with one attached hydrogen (secondary N) is 1. The van der Waals surface area contributed by atoms with E-state index in [0.29, 0.717) is 11.3 Å². The fraction of sp³-hybridized carbons (Fsp3) is 0.231. The fourth-order valence-electron chi connectivity index (χ4n) is 2.23. The van der Waals surface area contributed by atoms with Gasteiger partial charge in [-0.15, -0.1) is 0 Å². The molecule has 0 saturated carbocycles. The lowest BCUT2D eigenvalue weighted by molar-refractivity contribution is -0.179. The van der Waals surface area contributed by atoms with Crippen molar-refractivity contribution in [1.29, 1.82) is 0 Å². The number of hydroxylamine groups is 2. The van der Waals surface area contributed by atoms with Gasteiger partial charge in [0.2, 0.25) is 0 Å². The van der Waals surface area contributed by atoms with Gasteiger partial charge in [0.25, 0.3) is 11.8 Å². The number of pyridine rings is 1. The van der Waals surface area contributed by atoms with Crippen LogP contribution in [-0.4, -0.2) is 39.2 Å². The Morgan fingerprint density at radius 3 is 2.70 bits per heavy atom. The highest BCUT2D eigenvalue weighted by Gasteiger charge is 2.40. The maximum absolute atomic E-state index is 12.0. The summed E-state index contributed by atoms with van der Waals surface area (Å²) in [6.45, 7) is 0. The third-order valence-corrected chi connectivity index (χ3v) is 3.24. The fourth-order valence-corrected chi connectivity index (χ4v) is 2.23. The summed E-state index contributed by atoms with van der Waals surface area (Å²) in [6, 6.07) is 5.36. The van der Waals surface area contributed by atoms with Crippen LogP contribution in [-0.2, 0) is 14.4 Å². The van der Waals surface area contributed by atoms with E-state index in [2.05, 4.69) is 15.2 Å². The Labute approximate surface area is 114 Å². The van der Waals surface area contributed by atoms with E-state index in [-0.39, 0.29) is 18.2 Å². The molecule has 2 amide bonds. The molecule has 0 aliphatic carbocycles. The Morgan fingerprint density at radius 1 is 1.30 bits per heavy atom. The summed E-state index contributed by atoms with van der Waals surface area (Å²) in [7, 11) is 1.30. The second-order valence-corrected chi connectivity index (χ2v) is 4.40. The van der Waals surface area contributed by atoms with Gasteiger partial charge in [0.1, 0.15) is 5.69 Å². The summed E-state index contributed by atoms with van der Waals surface area (Å²) >= 11 is 0. The normalized spacial score (nSPS) is 18.9. The Balaban J connectivity index is 1.85. The third-order valence-electron chi connectivity index (χ3n) is 3.24. The number of aromatic amines is 1. The minimum Gasteiger partial charge on any atom is -0.285 e. The van der Waals surface area contributed by atoms with Crippen LogP contribution in [0.1, 0.15) is 17.9 Å². The molecule has 7 heteroatoms. The van der Waals surface area contributed by atoms with Crippen molar-refractivity contribution in [1.82, 2.24) is 20.2 Å². The third kappa shape index (κ3) is 1.97. The molecule has 1 aliphatic rings. The monoisotopic (exact) mass is 272 g/mol. The molecule has 1 N–H and O–H groups in total. The van der Waals surface area contributed by atoms with E-state index in [9.17, 15) is 9.59 Å². The average Bonchev–Trinajstić information content (AvgIpc) is 3.08. The second kappa shape index (κ2) is 4.86. The molecule has 1 fully saturated rings. The summed E-state index contributed by atoms with van der Waals surface area (Å²) in [5.74, 6) is -1.21. The zero-order valence-corrected chi connectivity index (χ0v) is 10.7. The first kappa shape index (κ1) is 12.5. The molecule has 0 radical (unpaired) electrons. The van der Waals surface area contributed by atoms with Crippen molar-refractivity contribution in [2.45, 2.75) is 12.3 Å². The average molecular weight is 272 g/mol. The van der Waals surface area contributed by atoms with Crippen molar-refractivity contribution in [3.8, 4) is 11.4 Å². The SMILES string of the molecule is CON1C(=O)CC(c2ccc(-c3cc[nH]n3)nc2)C1=O. The number of rotatable bonds is 3. The molecule has 0 aromatic carbocycles. The minimum atomic E-state index is -0.525. The van der Waals surface area contributed by atoms with E-state index in [4.69, 9.17) is 4.84 Å². The Bertz CT molecular complexity index is 636. The topological polar surface area (TPSA) is 88.2 Å². The van der Waals surface area contributed by atoms with Crippen molar-refractivity contribution in [2.75, 3.05) is 7.11 Å². The first-order valence-corrected chi connectivity index (χ1v) is 6.07. The van der Waals surface area contributed by atoms with E-state index < -0.39 is 5.92 Å². The highest BCUT2D eigenvalue weighted by atomic mass is 16.7. The van der Waals surface area contributed by atoms with E-state index in [1.165, 1.54) is 7.11 Å². The van der Waals surface area contributed by atoms with Crippen molar-refractivity contribution in [3.63, 3.8) is 0 Å². The smallest absolute Gasteiger partial charge is 0.261 e. The van der Waals surface area contributed by atoms with Crippen molar-refractivity contribution < 1.29 is 14.4 Å². The zero-order chi connectivity index (χ0) is 14.1. The number of nitrogens with zero attached hydrogens (tertiary/aromatic N) is 3. The predicted octanol–water partition coefficient (Wildman–Crippen LogP) is 0.876. The molecule has 1 saturated heterocycles. The van der Waals surface area contributed by atoms with Gasteiger partial charge in [-0.05, 0) is 17.7 Å². The minimum absolute atomic E-state index is 0.107. The van der Waals surface area contributed by atoms with Crippen molar-refractivity contribution in [2.24, 2.45) is 0 Å². The van der Waals surface area contributed by atoms with Gasteiger partial charge in [0.15, 0.2) is 0 Å². The molecule has 20 heavy (non-hydrogen) atoms. The maximum atomic E-state index is 12.0. The Hall–Kier alpha value is -2.54. The summed E-state index contributed by atoms with van der Waals surface area (Å²) in [4.78, 5) is 32.6. The number of H-pyrrole nitrogens is 1. The van der Waals surface area contributed by atoms with Crippen LogP contribution in [0.25, 0.3) is 11.4 Å². The number of aromatic nitrogens is 3. The lowest BCUT2D eigenvalue weighted by Gasteiger charge is -2.11. The van der Waals surface area contributed by atoms with Crippen LogP contribution in [0.2, 0.25) is 0 Å². The maximum Gasteiger partial charge on any atom is 0.261 e. The molecule has 1 unspecified atom stereocenters. The molecule has 1 aliphatic heterocycles. The Kier molecular flexibility index (Phi) is 3.03. The van der Waals surface area contributed by atoms with Gasteiger partial charge in [0.05, 0.1) is 18.7 Å². The molecule has 102 valence electrons. The lowest BCUT2D eigenvalue weighted by atomic mass is 9.99.